The summed E-state index contributed by atoms with van der Waals surface area (Å²) in [7, 11) is 0. The Bertz CT molecular complexity index is 124. The van der Waals surface area contributed by atoms with Crippen molar-refractivity contribution >= 4 is 11.8 Å². The van der Waals surface area contributed by atoms with Crippen molar-refractivity contribution in [3.05, 3.63) is 0 Å². The molecule has 1 nitrogen and oxygen atoms in total. The van der Waals surface area contributed by atoms with E-state index in [0.29, 0.717) is 6.04 Å². The maximum Gasteiger partial charge on any atom is 0.0545 e. The molecule has 0 heterocycles. The zero-order valence-corrected chi connectivity index (χ0v) is 8.91. The van der Waals surface area contributed by atoms with Gasteiger partial charge >= 0.3 is 0 Å². The summed E-state index contributed by atoms with van der Waals surface area (Å²) >= 11 is 1.82. The van der Waals surface area contributed by atoms with E-state index in [1.165, 1.54) is 12.8 Å². The molecule has 0 aromatic carbocycles. The van der Waals surface area contributed by atoms with Crippen LogP contribution in [-0.2, 0) is 0 Å². The Hall–Kier alpha value is -0.130. The quantitative estimate of drug-likeness (QED) is 0.482. The molecule has 0 spiro atoms. The van der Waals surface area contributed by atoms with Crippen LogP contribution < -0.4 is 5.32 Å². The average molecular weight is 185 g/mol. The zero-order chi connectivity index (χ0) is 9.23. The minimum Gasteiger partial charge on any atom is -0.313 e. The van der Waals surface area contributed by atoms with Crippen molar-refractivity contribution in [3.8, 4) is 12.3 Å². The van der Waals surface area contributed by atoms with E-state index in [4.69, 9.17) is 6.42 Å². The Kier molecular flexibility index (Phi) is 8.86. The minimum atomic E-state index is 0.691. The van der Waals surface area contributed by atoms with Crippen LogP contribution in [0.1, 0.15) is 26.7 Å². The standard InChI is InChI=1S/C10H19NS/c1-4-8-12-9-7-11-10(5-2)6-3/h1,10-11H,5-9H2,2-3H3. The summed E-state index contributed by atoms with van der Waals surface area (Å²) in [5.41, 5.74) is 0. The Morgan fingerprint density at radius 2 is 2.08 bits per heavy atom. The Labute approximate surface area is 80.7 Å². The number of hydrogen-bond donors (Lipinski definition) is 1. The number of rotatable bonds is 7. The fourth-order valence-electron chi connectivity index (χ4n) is 1.04. The Morgan fingerprint density at radius 3 is 2.58 bits per heavy atom. The molecule has 70 valence electrons. The van der Waals surface area contributed by atoms with Crippen LogP contribution in [0.15, 0.2) is 0 Å². The van der Waals surface area contributed by atoms with Crippen molar-refractivity contribution in [1.29, 1.82) is 0 Å². The van der Waals surface area contributed by atoms with Gasteiger partial charge in [-0.1, -0.05) is 19.8 Å². The molecule has 0 aliphatic carbocycles. The van der Waals surface area contributed by atoms with Crippen molar-refractivity contribution < 1.29 is 0 Å². The van der Waals surface area contributed by atoms with Crippen molar-refractivity contribution in [1.82, 2.24) is 5.32 Å². The second-order valence-corrected chi connectivity index (χ2v) is 3.83. The predicted octanol–water partition coefficient (Wildman–Crippen LogP) is 2.13. The minimum absolute atomic E-state index is 0.691. The maximum absolute atomic E-state index is 5.13. The third-order valence-corrected chi connectivity index (χ3v) is 2.71. The fourth-order valence-corrected chi connectivity index (χ4v) is 1.57. The number of terminal acetylenes is 1. The summed E-state index contributed by atoms with van der Waals surface area (Å²) < 4.78 is 0. The van der Waals surface area contributed by atoms with Gasteiger partial charge in [0.25, 0.3) is 0 Å². The number of nitrogens with one attached hydrogen (secondary N) is 1. The van der Waals surface area contributed by atoms with Crippen LogP contribution in [-0.4, -0.2) is 24.1 Å². The Morgan fingerprint density at radius 1 is 1.42 bits per heavy atom. The molecule has 0 aromatic rings. The molecule has 0 aliphatic heterocycles. The summed E-state index contributed by atoms with van der Waals surface area (Å²) in [6.07, 6.45) is 7.57. The topological polar surface area (TPSA) is 12.0 Å². The molecule has 0 rings (SSSR count). The molecule has 0 radical (unpaired) electrons. The van der Waals surface area contributed by atoms with Gasteiger partial charge in [0.15, 0.2) is 0 Å². The molecule has 12 heavy (non-hydrogen) atoms. The molecule has 0 saturated carbocycles. The summed E-state index contributed by atoms with van der Waals surface area (Å²) in [4.78, 5) is 0. The molecule has 0 bridgehead atoms. The molecule has 0 fully saturated rings. The highest BCUT2D eigenvalue weighted by Crippen LogP contribution is 1.99. The monoisotopic (exact) mass is 185 g/mol. The van der Waals surface area contributed by atoms with Crippen LogP contribution in [0.3, 0.4) is 0 Å². The van der Waals surface area contributed by atoms with Gasteiger partial charge in [0, 0.05) is 18.3 Å². The van der Waals surface area contributed by atoms with Gasteiger partial charge in [0.2, 0.25) is 0 Å². The van der Waals surface area contributed by atoms with E-state index >= 15 is 0 Å². The van der Waals surface area contributed by atoms with E-state index < -0.39 is 0 Å². The number of thioether (sulfide) groups is 1. The van der Waals surface area contributed by atoms with Gasteiger partial charge < -0.3 is 5.32 Å². The van der Waals surface area contributed by atoms with E-state index in [-0.39, 0.29) is 0 Å². The van der Waals surface area contributed by atoms with Gasteiger partial charge in [0.05, 0.1) is 5.75 Å². The molecule has 0 aromatic heterocycles. The second kappa shape index (κ2) is 8.96. The number of hydrogen-bond acceptors (Lipinski definition) is 2. The molecule has 1 N–H and O–H groups in total. The third-order valence-electron chi connectivity index (χ3n) is 1.85. The first-order chi connectivity index (χ1) is 5.85. The second-order valence-electron chi connectivity index (χ2n) is 2.72. The van der Waals surface area contributed by atoms with Gasteiger partial charge in [-0.05, 0) is 12.8 Å². The zero-order valence-electron chi connectivity index (χ0n) is 8.10. The van der Waals surface area contributed by atoms with Crippen molar-refractivity contribution in [2.45, 2.75) is 32.7 Å². The molecule has 2 heteroatoms. The SMILES string of the molecule is C#CCSCCNC(CC)CC. The lowest BCUT2D eigenvalue weighted by molar-refractivity contribution is 0.501. The van der Waals surface area contributed by atoms with Gasteiger partial charge in [0.1, 0.15) is 0 Å². The molecule has 0 amide bonds. The van der Waals surface area contributed by atoms with Crippen molar-refractivity contribution in [3.63, 3.8) is 0 Å². The molecule has 0 atom stereocenters. The van der Waals surface area contributed by atoms with E-state index in [9.17, 15) is 0 Å². The molecule has 0 saturated heterocycles. The average Bonchev–Trinajstić information content (AvgIpc) is 2.11. The molecular weight excluding hydrogens is 166 g/mol. The fraction of sp³-hybridized carbons (Fsp3) is 0.800. The first-order valence-corrected chi connectivity index (χ1v) is 5.75. The van der Waals surface area contributed by atoms with Gasteiger partial charge in [-0.25, -0.2) is 0 Å². The first kappa shape index (κ1) is 11.9. The predicted molar refractivity (Wildman–Crippen MR) is 58.5 cm³/mol. The highest BCUT2D eigenvalue weighted by molar-refractivity contribution is 7.99. The highest BCUT2D eigenvalue weighted by atomic mass is 32.2. The lowest BCUT2D eigenvalue weighted by atomic mass is 10.2. The van der Waals surface area contributed by atoms with Crippen LogP contribution in [0, 0.1) is 12.3 Å². The van der Waals surface area contributed by atoms with E-state index in [1.54, 1.807) is 0 Å². The van der Waals surface area contributed by atoms with Crippen LogP contribution in [0.2, 0.25) is 0 Å². The third kappa shape index (κ3) is 6.57. The van der Waals surface area contributed by atoms with E-state index in [2.05, 4.69) is 25.1 Å². The largest absolute Gasteiger partial charge is 0.313 e. The van der Waals surface area contributed by atoms with Crippen LogP contribution in [0.4, 0.5) is 0 Å². The lowest BCUT2D eigenvalue weighted by Crippen LogP contribution is -2.29. The normalized spacial score (nSPS) is 10.2. The smallest absolute Gasteiger partial charge is 0.0545 e. The summed E-state index contributed by atoms with van der Waals surface area (Å²) in [6, 6.07) is 0.691. The summed E-state index contributed by atoms with van der Waals surface area (Å²) in [5.74, 6) is 4.58. The lowest BCUT2D eigenvalue weighted by Gasteiger charge is -2.13. The Balaban J connectivity index is 3.13. The maximum atomic E-state index is 5.13. The van der Waals surface area contributed by atoms with E-state index in [1.807, 2.05) is 11.8 Å². The van der Waals surface area contributed by atoms with Crippen LogP contribution in [0.25, 0.3) is 0 Å². The van der Waals surface area contributed by atoms with Crippen molar-refractivity contribution in [2.24, 2.45) is 0 Å². The summed E-state index contributed by atoms with van der Waals surface area (Å²) in [5, 5.41) is 3.49. The van der Waals surface area contributed by atoms with Gasteiger partial charge in [-0.2, -0.15) is 0 Å². The van der Waals surface area contributed by atoms with E-state index in [0.717, 1.165) is 18.1 Å². The molecule has 0 unspecified atom stereocenters. The van der Waals surface area contributed by atoms with Gasteiger partial charge in [-0.15, -0.1) is 18.2 Å². The summed E-state index contributed by atoms with van der Waals surface area (Å²) in [6.45, 7) is 5.52. The molecular formula is C10H19NS. The highest BCUT2D eigenvalue weighted by Gasteiger charge is 1.99. The van der Waals surface area contributed by atoms with Crippen LogP contribution in [0.5, 0.6) is 0 Å². The molecule has 0 aliphatic rings. The first-order valence-electron chi connectivity index (χ1n) is 4.59. The van der Waals surface area contributed by atoms with Gasteiger partial charge in [-0.3, -0.25) is 0 Å². The van der Waals surface area contributed by atoms with Crippen LogP contribution >= 0.6 is 11.8 Å². The van der Waals surface area contributed by atoms with Crippen molar-refractivity contribution in [2.75, 3.05) is 18.1 Å².